The minimum absolute atomic E-state index is 0.122. The molecule has 5 rings (SSSR count). The first-order chi connectivity index (χ1) is 21.7. The number of nitrogens with one attached hydrogen (secondary N) is 1. The van der Waals surface area contributed by atoms with Crippen molar-refractivity contribution in [3.8, 4) is 11.6 Å². The molecule has 0 bridgehead atoms. The highest BCUT2D eigenvalue weighted by molar-refractivity contribution is 5.98. The van der Waals surface area contributed by atoms with Crippen LogP contribution in [0.5, 0.6) is 0 Å². The summed E-state index contributed by atoms with van der Waals surface area (Å²) in [6.07, 6.45) is 0.501. The zero-order valence-electron chi connectivity index (χ0n) is 26.6. The Labute approximate surface area is 264 Å². The molecule has 1 aliphatic rings. The maximum Gasteiger partial charge on any atom is 0.326 e. The van der Waals surface area contributed by atoms with E-state index in [4.69, 9.17) is 20.9 Å². The highest BCUT2D eigenvalue weighted by Gasteiger charge is 2.30. The van der Waals surface area contributed by atoms with E-state index in [2.05, 4.69) is 11.9 Å². The fourth-order valence-corrected chi connectivity index (χ4v) is 5.61. The van der Waals surface area contributed by atoms with E-state index in [9.17, 15) is 15.1 Å². The monoisotopic (exact) mass is 619 g/mol. The van der Waals surface area contributed by atoms with Gasteiger partial charge in [0.25, 0.3) is 5.91 Å². The van der Waals surface area contributed by atoms with Crippen molar-refractivity contribution in [3.63, 3.8) is 0 Å². The maximum atomic E-state index is 13.6. The van der Waals surface area contributed by atoms with Crippen LogP contribution in [0.4, 0.5) is 11.6 Å². The highest BCUT2D eigenvalue weighted by atomic mass is 16.5. The van der Waals surface area contributed by atoms with E-state index in [0.717, 1.165) is 28.7 Å². The average molecular weight is 620 g/mol. The van der Waals surface area contributed by atoms with E-state index >= 15 is 0 Å². The van der Waals surface area contributed by atoms with Gasteiger partial charge in [-0.1, -0.05) is 32.6 Å². The number of aliphatic hydroxyl groups is 1. The van der Waals surface area contributed by atoms with Gasteiger partial charge in [-0.3, -0.25) is 4.79 Å². The highest BCUT2D eigenvalue weighted by Crippen LogP contribution is 2.34. The molecule has 3 heterocycles. The summed E-state index contributed by atoms with van der Waals surface area (Å²) < 4.78 is 7.79. The van der Waals surface area contributed by atoms with Crippen molar-refractivity contribution in [1.29, 1.82) is 0 Å². The molecule has 2 aromatic heterocycles. The number of allylic oxidation sites excluding steroid dienone is 1. The molecule has 1 saturated heterocycles. The number of imidazole rings is 1. The predicted octanol–water partition coefficient (Wildman–Crippen LogP) is 3.18. The van der Waals surface area contributed by atoms with Gasteiger partial charge >= 0.3 is 5.88 Å². The number of piperazine rings is 1. The molecule has 45 heavy (non-hydrogen) atoms. The van der Waals surface area contributed by atoms with Crippen LogP contribution in [0.25, 0.3) is 22.6 Å². The number of nitrogens with two attached hydrogens (primary N) is 3. The van der Waals surface area contributed by atoms with Gasteiger partial charge in [-0.25, -0.2) is 10.2 Å². The molecule has 1 aliphatic heterocycles. The maximum absolute atomic E-state index is 13.6. The number of hydrogen-bond donors (Lipinski definition) is 6. The zero-order valence-corrected chi connectivity index (χ0v) is 26.6. The summed E-state index contributed by atoms with van der Waals surface area (Å²) in [4.78, 5) is 22.1. The van der Waals surface area contributed by atoms with Gasteiger partial charge in [0.2, 0.25) is 0 Å². The molecule has 4 aromatic rings. The Morgan fingerprint density at radius 1 is 1.20 bits per heavy atom. The van der Waals surface area contributed by atoms with Crippen LogP contribution in [0.1, 0.15) is 55.6 Å². The topological polar surface area (TPSA) is 176 Å². The van der Waals surface area contributed by atoms with Crippen molar-refractivity contribution in [1.82, 2.24) is 19.8 Å². The van der Waals surface area contributed by atoms with Gasteiger partial charge < -0.3 is 40.7 Å². The van der Waals surface area contributed by atoms with E-state index < -0.39 is 6.23 Å². The molecule has 0 saturated carbocycles. The third-order valence-corrected chi connectivity index (χ3v) is 7.75. The van der Waals surface area contributed by atoms with Crippen molar-refractivity contribution in [2.24, 2.45) is 11.5 Å². The van der Waals surface area contributed by atoms with E-state index in [0.29, 0.717) is 54.4 Å². The second-order valence-corrected chi connectivity index (χ2v) is 11.1. The number of carbonyl (C=O) groups excluding carboxylic acids is 1. The minimum atomic E-state index is -0.821. The molecule has 12 heteroatoms. The lowest BCUT2D eigenvalue weighted by Gasteiger charge is -2.40. The van der Waals surface area contributed by atoms with E-state index in [1.54, 1.807) is 29.2 Å². The lowest BCUT2D eigenvalue weighted by atomic mass is 10.1. The molecule has 0 spiro atoms. The van der Waals surface area contributed by atoms with E-state index in [-0.39, 0.29) is 30.5 Å². The van der Waals surface area contributed by atoms with Crippen molar-refractivity contribution >= 4 is 28.5 Å². The van der Waals surface area contributed by atoms with Crippen molar-refractivity contribution in [2.45, 2.75) is 59.0 Å². The third kappa shape index (κ3) is 7.72. The number of quaternary nitrogens is 1. The van der Waals surface area contributed by atoms with Gasteiger partial charge in [0.15, 0.2) is 11.6 Å². The number of aryl methyl sites for hydroxylation is 1. The molecule has 242 valence electrons. The SMILES string of the molecule is C=C(N)C(CCCNC(C)N)n1c(-c2ccc([NH2+]O)o2)nc2cc(C(=O)N3CCN(c4cccc(C)c4)C(O)C3)ccc21.CC. The Morgan fingerprint density at radius 3 is 2.62 bits per heavy atom. The first-order valence-corrected chi connectivity index (χ1v) is 15.5. The quantitative estimate of drug-likeness (QED) is 0.0837. The normalized spacial score (nSPS) is 16.3. The molecule has 2 aromatic carbocycles. The number of carbonyl (C=O) groups is 1. The largest absolute Gasteiger partial charge is 0.407 e. The van der Waals surface area contributed by atoms with Crippen molar-refractivity contribution < 1.29 is 25.0 Å². The average Bonchev–Trinajstić information content (AvgIpc) is 3.66. The molecule has 3 unspecified atom stereocenters. The Hall–Kier alpha value is -4.20. The number of amides is 1. The predicted molar refractivity (Wildman–Crippen MR) is 176 cm³/mol. The summed E-state index contributed by atoms with van der Waals surface area (Å²) in [5.41, 5.74) is 17.4. The summed E-state index contributed by atoms with van der Waals surface area (Å²) in [5, 5.41) is 23.6. The first kappa shape index (κ1) is 33.7. The van der Waals surface area contributed by atoms with Crippen LogP contribution < -0.4 is 27.2 Å². The lowest BCUT2D eigenvalue weighted by molar-refractivity contribution is -0.833. The summed E-state index contributed by atoms with van der Waals surface area (Å²) in [7, 11) is 0. The summed E-state index contributed by atoms with van der Waals surface area (Å²) in [6.45, 7) is 13.8. The van der Waals surface area contributed by atoms with Crippen LogP contribution in [-0.2, 0) is 0 Å². The number of anilines is 1. The third-order valence-electron chi connectivity index (χ3n) is 7.75. The number of rotatable bonds is 11. The summed E-state index contributed by atoms with van der Waals surface area (Å²) in [6, 6.07) is 16.4. The molecule has 0 aliphatic carbocycles. The van der Waals surface area contributed by atoms with Gasteiger partial charge in [0.05, 0.1) is 29.8 Å². The summed E-state index contributed by atoms with van der Waals surface area (Å²) in [5.74, 6) is 1.06. The number of furan rings is 1. The second kappa shape index (κ2) is 15.2. The van der Waals surface area contributed by atoms with Crippen LogP contribution in [0.2, 0.25) is 0 Å². The number of aromatic nitrogens is 2. The molecule has 1 fully saturated rings. The Balaban J connectivity index is 0.00000226. The minimum Gasteiger partial charge on any atom is -0.407 e. The van der Waals surface area contributed by atoms with Gasteiger partial charge in [-0.15, -0.1) is 5.48 Å². The zero-order chi connectivity index (χ0) is 32.7. The van der Waals surface area contributed by atoms with Crippen LogP contribution >= 0.6 is 0 Å². The Kier molecular flexibility index (Phi) is 11.4. The molecule has 0 radical (unpaired) electrons. The first-order valence-electron chi connectivity index (χ1n) is 15.5. The van der Waals surface area contributed by atoms with Crippen molar-refractivity contribution in [2.75, 3.05) is 31.1 Å². The second-order valence-electron chi connectivity index (χ2n) is 11.1. The lowest BCUT2D eigenvalue weighted by Crippen LogP contribution is -2.73. The summed E-state index contributed by atoms with van der Waals surface area (Å²) >= 11 is 0. The number of β-amino-alcohol motifs (C(OH)–C–C–N with tert-alkyl or cyclic N) is 1. The molecular weight excluding hydrogens is 572 g/mol. The van der Waals surface area contributed by atoms with E-state index in [1.807, 2.05) is 67.5 Å². The van der Waals surface area contributed by atoms with Crippen molar-refractivity contribution in [3.05, 3.63) is 78.0 Å². The van der Waals surface area contributed by atoms with Crippen LogP contribution in [0, 0.1) is 6.92 Å². The van der Waals surface area contributed by atoms with Gasteiger partial charge in [0, 0.05) is 36.1 Å². The number of hydrogen-bond acceptors (Lipinski definition) is 9. The Morgan fingerprint density at radius 2 is 1.98 bits per heavy atom. The molecule has 3 atom stereocenters. The fourth-order valence-electron chi connectivity index (χ4n) is 5.61. The number of aliphatic hydroxyl groups excluding tert-OH is 1. The number of fused-ring (bicyclic) bond motifs is 1. The fraction of sp³-hybridized carbons (Fsp3) is 0.394. The molecule has 1 amide bonds. The van der Waals surface area contributed by atoms with Gasteiger partial charge in [-0.2, -0.15) is 0 Å². The standard InChI is InChI=1S/C31H40N8O4.C2H6/c1-19-6-4-7-23(16-19)38-15-14-37(18-29(38)40)31(41)22-9-10-26-24(17-22)35-30(27-11-12-28(36-42)43-27)39(26)25(20(2)32)8-5-13-34-21(3)33;1-2/h4,6-7,9-12,16-17,21,25,29,34,36,40,42H,2,5,8,13-15,18,32-33H2,1,3H3;1-2H3/p+1. The van der Waals surface area contributed by atoms with Crippen LogP contribution in [-0.4, -0.2) is 69.2 Å². The molecule has 12 nitrogen and oxygen atoms in total. The van der Waals surface area contributed by atoms with Crippen LogP contribution in [0.3, 0.4) is 0 Å². The van der Waals surface area contributed by atoms with E-state index in [1.165, 1.54) is 0 Å². The van der Waals surface area contributed by atoms with Gasteiger partial charge in [0.1, 0.15) is 6.23 Å². The molecular formula is C33H47N8O4+. The smallest absolute Gasteiger partial charge is 0.326 e. The number of benzene rings is 2. The van der Waals surface area contributed by atoms with Gasteiger partial charge in [-0.05, 0) is 75.2 Å². The van der Waals surface area contributed by atoms with Crippen LogP contribution in [0.15, 0.2) is 71.3 Å². The molecule has 9 N–H and O–H groups in total. The Bertz CT molecular complexity index is 1600. The number of nitrogens with zero attached hydrogens (tertiary/aromatic N) is 4.